The second kappa shape index (κ2) is 14.0. The van der Waals surface area contributed by atoms with Gasteiger partial charge in [0, 0.05) is 36.3 Å². The van der Waals surface area contributed by atoms with Gasteiger partial charge >= 0.3 is 0 Å². The normalized spacial score (nSPS) is 14.9. The molecular formula is C32H40N6O3. The van der Waals surface area contributed by atoms with Crippen LogP contribution in [0.4, 0.5) is 17.1 Å². The first-order valence-corrected chi connectivity index (χ1v) is 14.3. The Kier molecular flexibility index (Phi) is 10.1. The van der Waals surface area contributed by atoms with E-state index in [0.717, 1.165) is 55.1 Å². The molecule has 9 heteroatoms. The Bertz CT molecular complexity index is 1460. The van der Waals surface area contributed by atoms with E-state index < -0.39 is 0 Å². The van der Waals surface area contributed by atoms with Crippen LogP contribution in [0.2, 0.25) is 0 Å². The van der Waals surface area contributed by atoms with Gasteiger partial charge in [-0.25, -0.2) is 0 Å². The lowest BCUT2D eigenvalue weighted by atomic mass is 9.97. The molecule has 0 radical (unpaired) electrons. The average molecular weight is 557 g/mol. The number of hydrogen-bond acceptors (Lipinski definition) is 8. The topological polar surface area (TPSA) is 112 Å². The van der Waals surface area contributed by atoms with Crippen LogP contribution in [0.15, 0.2) is 41.5 Å². The van der Waals surface area contributed by atoms with Gasteiger partial charge in [0.25, 0.3) is 0 Å². The fourth-order valence-electron chi connectivity index (χ4n) is 4.87. The molecule has 1 aliphatic heterocycles. The SMILES string of the molecule is CCOc1cc2ncc(C#N)c(Nc3ccc(OCC4=NCCCC4C)cc3C)c2cc1NC(=O)CCCN(C)C. The average Bonchev–Trinajstić information content (AvgIpc) is 2.94. The van der Waals surface area contributed by atoms with Crippen LogP contribution < -0.4 is 20.1 Å². The molecule has 0 saturated heterocycles. The zero-order chi connectivity index (χ0) is 29.4. The van der Waals surface area contributed by atoms with Gasteiger partial charge in [0.2, 0.25) is 5.91 Å². The van der Waals surface area contributed by atoms with Crippen LogP contribution in [-0.2, 0) is 4.79 Å². The minimum atomic E-state index is -0.0916. The molecule has 2 N–H and O–H groups in total. The van der Waals surface area contributed by atoms with E-state index in [2.05, 4.69) is 38.5 Å². The van der Waals surface area contributed by atoms with Gasteiger partial charge < -0.3 is 25.0 Å². The molecule has 0 bridgehead atoms. The smallest absolute Gasteiger partial charge is 0.224 e. The lowest BCUT2D eigenvalue weighted by Gasteiger charge is -2.20. The molecule has 3 aromatic rings. The van der Waals surface area contributed by atoms with Crippen molar-refractivity contribution in [1.29, 1.82) is 5.26 Å². The van der Waals surface area contributed by atoms with Crippen LogP contribution in [0.25, 0.3) is 10.9 Å². The molecule has 2 heterocycles. The molecule has 0 spiro atoms. The third kappa shape index (κ3) is 7.74. The summed E-state index contributed by atoms with van der Waals surface area (Å²) in [5, 5.41) is 17.1. The van der Waals surface area contributed by atoms with Crippen molar-refractivity contribution in [2.45, 2.75) is 46.5 Å². The van der Waals surface area contributed by atoms with E-state index in [1.54, 1.807) is 12.3 Å². The van der Waals surface area contributed by atoms with Gasteiger partial charge in [0.15, 0.2) is 0 Å². The zero-order valence-electron chi connectivity index (χ0n) is 24.7. The number of amides is 1. The van der Waals surface area contributed by atoms with E-state index in [1.165, 1.54) is 0 Å². The Hall–Kier alpha value is -4.16. The number of nitrogens with zero attached hydrogens (tertiary/aromatic N) is 4. The van der Waals surface area contributed by atoms with Crippen molar-refractivity contribution in [3.8, 4) is 17.6 Å². The number of pyridine rings is 1. The van der Waals surface area contributed by atoms with Crippen LogP contribution >= 0.6 is 0 Å². The fraction of sp³-hybridized carbons (Fsp3) is 0.438. The van der Waals surface area contributed by atoms with Gasteiger partial charge in [-0.3, -0.25) is 14.8 Å². The first kappa shape index (κ1) is 29.8. The number of aliphatic imine (C=N–C) groups is 1. The minimum Gasteiger partial charge on any atom is -0.492 e. The number of fused-ring (bicyclic) bond motifs is 1. The fourth-order valence-corrected chi connectivity index (χ4v) is 4.87. The van der Waals surface area contributed by atoms with E-state index >= 15 is 0 Å². The summed E-state index contributed by atoms with van der Waals surface area (Å²) in [5.41, 5.74) is 5.14. The number of nitriles is 1. The summed E-state index contributed by atoms with van der Waals surface area (Å²) in [6.45, 7) is 8.72. The van der Waals surface area contributed by atoms with Gasteiger partial charge in [-0.2, -0.15) is 5.26 Å². The third-order valence-corrected chi connectivity index (χ3v) is 7.20. The van der Waals surface area contributed by atoms with Crippen LogP contribution in [0, 0.1) is 24.2 Å². The van der Waals surface area contributed by atoms with Gasteiger partial charge in [-0.05, 0) is 89.5 Å². The van der Waals surface area contributed by atoms with Crippen LogP contribution in [-0.4, -0.2) is 61.9 Å². The Labute approximate surface area is 242 Å². The Morgan fingerprint density at radius 2 is 2.02 bits per heavy atom. The number of aromatic nitrogens is 1. The number of benzene rings is 2. The predicted octanol–water partition coefficient (Wildman–Crippen LogP) is 6.09. The van der Waals surface area contributed by atoms with Gasteiger partial charge in [-0.15, -0.1) is 0 Å². The number of aryl methyl sites for hydroxylation is 1. The highest BCUT2D eigenvalue weighted by atomic mass is 16.5. The summed E-state index contributed by atoms with van der Waals surface area (Å²) in [4.78, 5) is 23.9. The Balaban J connectivity index is 1.61. The van der Waals surface area contributed by atoms with E-state index in [0.29, 0.717) is 59.1 Å². The molecule has 41 heavy (non-hydrogen) atoms. The van der Waals surface area contributed by atoms with Crippen molar-refractivity contribution in [2.24, 2.45) is 10.9 Å². The van der Waals surface area contributed by atoms with Crippen molar-refractivity contribution in [1.82, 2.24) is 9.88 Å². The molecule has 0 fully saturated rings. The first-order valence-electron chi connectivity index (χ1n) is 14.3. The first-order chi connectivity index (χ1) is 19.8. The summed E-state index contributed by atoms with van der Waals surface area (Å²) >= 11 is 0. The van der Waals surface area contributed by atoms with Crippen molar-refractivity contribution < 1.29 is 14.3 Å². The highest BCUT2D eigenvalue weighted by molar-refractivity contribution is 6.02. The van der Waals surface area contributed by atoms with E-state index in [1.807, 2.05) is 52.2 Å². The van der Waals surface area contributed by atoms with Crippen molar-refractivity contribution in [3.05, 3.63) is 47.7 Å². The van der Waals surface area contributed by atoms with Crippen LogP contribution in [0.5, 0.6) is 11.5 Å². The molecular weight excluding hydrogens is 516 g/mol. The van der Waals surface area contributed by atoms with Gasteiger partial charge in [0.1, 0.15) is 24.2 Å². The summed E-state index contributed by atoms with van der Waals surface area (Å²) in [7, 11) is 3.97. The van der Waals surface area contributed by atoms with Crippen molar-refractivity contribution in [3.63, 3.8) is 0 Å². The third-order valence-electron chi connectivity index (χ3n) is 7.20. The standard InChI is InChI=1S/C32H40N6O3/c1-6-40-30-17-27-25(16-28(30)36-31(39)10-8-14-38(4)5)32(23(18-33)19-35-27)37-26-12-11-24(15-22(26)3)41-20-29-21(2)9-7-13-34-29/h11-12,15-17,19,21H,6-10,13-14,20H2,1-5H3,(H,35,37)(H,36,39). The molecule has 1 amide bonds. The number of carbonyl (C=O) groups is 1. The second-order valence-electron chi connectivity index (χ2n) is 10.7. The number of anilines is 3. The summed E-state index contributed by atoms with van der Waals surface area (Å²) in [5.74, 6) is 1.67. The lowest BCUT2D eigenvalue weighted by molar-refractivity contribution is -0.116. The zero-order valence-corrected chi connectivity index (χ0v) is 24.7. The van der Waals surface area contributed by atoms with E-state index in [-0.39, 0.29) is 5.91 Å². The van der Waals surface area contributed by atoms with Gasteiger partial charge in [0.05, 0.1) is 34.8 Å². The number of rotatable bonds is 12. The number of nitrogens with one attached hydrogen (secondary N) is 2. The predicted molar refractivity (Wildman–Crippen MR) is 165 cm³/mol. The molecule has 1 atom stereocenters. The van der Waals surface area contributed by atoms with Crippen LogP contribution in [0.1, 0.15) is 50.7 Å². The quantitative estimate of drug-likeness (QED) is 0.278. The maximum absolute atomic E-state index is 12.7. The maximum atomic E-state index is 12.7. The number of ether oxygens (including phenoxy) is 2. The number of hydrogen-bond donors (Lipinski definition) is 2. The van der Waals surface area contributed by atoms with Crippen LogP contribution in [0.3, 0.4) is 0 Å². The molecule has 4 rings (SSSR count). The summed E-state index contributed by atoms with van der Waals surface area (Å²) < 4.78 is 11.9. The van der Waals surface area contributed by atoms with E-state index in [9.17, 15) is 10.1 Å². The highest BCUT2D eigenvalue weighted by Crippen LogP contribution is 2.37. The molecule has 216 valence electrons. The molecule has 9 nitrogen and oxygen atoms in total. The maximum Gasteiger partial charge on any atom is 0.224 e. The Morgan fingerprint density at radius 3 is 2.73 bits per heavy atom. The Morgan fingerprint density at radius 1 is 1.20 bits per heavy atom. The number of carbonyl (C=O) groups excluding carboxylic acids is 1. The summed E-state index contributed by atoms with van der Waals surface area (Å²) in [6.07, 6.45) is 4.98. The molecule has 2 aromatic carbocycles. The summed E-state index contributed by atoms with van der Waals surface area (Å²) in [6, 6.07) is 11.7. The molecule has 0 aliphatic carbocycles. The lowest BCUT2D eigenvalue weighted by Crippen LogP contribution is -2.23. The minimum absolute atomic E-state index is 0.0916. The van der Waals surface area contributed by atoms with Gasteiger partial charge in [-0.1, -0.05) is 6.92 Å². The highest BCUT2D eigenvalue weighted by Gasteiger charge is 2.18. The molecule has 1 unspecified atom stereocenters. The molecule has 1 aliphatic rings. The monoisotopic (exact) mass is 556 g/mol. The largest absolute Gasteiger partial charge is 0.492 e. The van der Waals surface area contributed by atoms with Crippen molar-refractivity contribution in [2.75, 3.05) is 51.0 Å². The van der Waals surface area contributed by atoms with Crippen molar-refractivity contribution >= 4 is 39.6 Å². The second-order valence-corrected chi connectivity index (χ2v) is 10.7. The molecule has 1 aromatic heterocycles. The molecule has 0 saturated carbocycles. The van der Waals surface area contributed by atoms with E-state index in [4.69, 9.17) is 9.47 Å².